The highest BCUT2D eigenvalue weighted by molar-refractivity contribution is 9.10. The van der Waals surface area contributed by atoms with Gasteiger partial charge < -0.3 is 9.47 Å². The van der Waals surface area contributed by atoms with Crippen LogP contribution in [0.2, 0.25) is 0 Å². The van der Waals surface area contributed by atoms with E-state index >= 15 is 0 Å². The van der Waals surface area contributed by atoms with E-state index in [1.165, 1.54) is 5.56 Å². The Kier molecular flexibility index (Phi) is 7.63. The van der Waals surface area contributed by atoms with Gasteiger partial charge in [-0.15, -0.1) is 0 Å². The zero-order valence-corrected chi connectivity index (χ0v) is 18.5. The van der Waals surface area contributed by atoms with Gasteiger partial charge >= 0.3 is 0 Å². The number of carbonyl (C=O) groups is 1. The van der Waals surface area contributed by atoms with E-state index in [1.54, 1.807) is 24.4 Å². The lowest BCUT2D eigenvalue weighted by molar-refractivity contribution is 0.0955. The van der Waals surface area contributed by atoms with E-state index in [0.717, 1.165) is 15.6 Å². The SMILES string of the molecule is CCOc1cc(/C=N\NC(=O)c2cccc(Br)c2)ccc1OCc1ccc(C)cc1. The summed E-state index contributed by atoms with van der Waals surface area (Å²) in [5.74, 6) is 1.01. The molecule has 154 valence electrons. The third-order valence-corrected chi connectivity index (χ3v) is 4.74. The summed E-state index contributed by atoms with van der Waals surface area (Å²) in [6, 6.07) is 20.9. The van der Waals surface area contributed by atoms with Crippen molar-refractivity contribution < 1.29 is 14.3 Å². The molecule has 3 aromatic carbocycles. The van der Waals surface area contributed by atoms with Gasteiger partial charge in [0.05, 0.1) is 12.8 Å². The number of rotatable bonds is 8. The summed E-state index contributed by atoms with van der Waals surface area (Å²) in [5.41, 5.74) is 6.14. The van der Waals surface area contributed by atoms with Gasteiger partial charge in [0.15, 0.2) is 11.5 Å². The van der Waals surface area contributed by atoms with Crippen molar-refractivity contribution in [1.29, 1.82) is 0 Å². The highest BCUT2D eigenvalue weighted by Gasteiger charge is 2.07. The Morgan fingerprint density at radius 1 is 1.03 bits per heavy atom. The third-order valence-electron chi connectivity index (χ3n) is 4.25. The largest absolute Gasteiger partial charge is 0.490 e. The molecule has 3 rings (SSSR count). The lowest BCUT2D eigenvalue weighted by atomic mass is 10.2. The average molecular weight is 467 g/mol. The Morgan fingerprint density at radius 2 is 1.83 bits per heavy atom. The normalized spacial score (nSPS) is 10.8. The van der Waals surface area contributed by atoms with Crippen LogP contribution in [0.5, 0.6) is 11.5 Å². The van der Waals surface area contributed by atoms with Crippen molar-refractivity contribution in [3.8, 4) is 11.5 Å². The standard InChI is InChI=1S/C24H23BrN2O3/c1-3-29-23-13-19(15-26-27-24(28)20-5-4-6-21(25)14-20)11-12-22(23)30-16-18-9-7-17(2)8-10-18/h4-15H,3,16H2,1-2H3,(H,27,28)/b26-15-. The molecule has 0 heterocycles. The molecule has 0 radical (unpaired) electrons. The first kappa shape index (κ1) is 21.6. The van der Waals surface area contributed by atoms with E-state index in [0.29, 0.717) is 30.3 Å². The molecule has 0 aliphatic rings. The van der Waals surface area contributed by atoms with Crippen LogP contribution in [-0.2, 0) is 6.61 Å². The lowest BCUT2D eigenvalue weighted by Gasteiger charge is -2.12. The maximum atomic E-state index is 12.2. The number of ether oxygens (including phenoxy) is 2. The van der Waals surface area contributed by atoms with Crippen molar-refractivity contribution in [2.45, 2.75) is 20.5 Å². The monoisotopic (exact) mass is 466 g/mol. The minimum atomic E-state index is -0.282. The van der Waals surface area contributed by atoms with Crippen molar-refractivity contribution in [1.82, 2.24) is 5.43 Å². The van der Waals surface area contributed by atoms with Gasteiger partial charge in [0.2, 0.25) is 0 Å². The summed E-state index contributed by atoms with van der Waals surface area (Å²) in [7, 11) is 0. The molecule has 0 saturated heterocycles. The van der Waals surface area contributed by atoms with Gasteiger partial charge in [0, 0.05) is 10.0 Å². The van der Waals surface area contributed by atoms with Crippen LogP contribution in [0.1, 0.15) is 34.0 Å². The van der Waals surface area contributed by atoms with Gasteiger partial charge in [-0.3, -0.25) is 4.79 Å². The van der Waals surface area contributed by atoms with Crippen molar-refractivity contribution in [2.75, 3.05) is 6.61 Å². The molecule has 1 amide bonds. The summed E-state index contributed by atoms with van der Waals surface area (Å²) >= 11 is 3.35. The first-order chi connectivity index (χ1) is 14.5. The van der Waals surface area contributed by atoms with Gasteiger partial charge in [0.1, 0.15) is 6.61 Å². The summed E-state index contributed by atoms with van der Waals surface area (Å²) in [6.07, 6.45) is 1.57. The van der Waals surface area contributed by atoms with Gasteiger partial charge in [0.25, 0.3) is 5.91 Å². The van der Waals surface area contributed by atoms with Crippen LogP contribution in [-0.4, -0.2) is 18.7 Å². The molecule has 6 heteroatoms. The Hall–Kier alpha value is -3.12. The summed E-state index contributed by atoms with van der Waals surface area (Å²) in [5, 5.41) is 4.04. The third kappa shape index (κ3) is 6.19. The second-order valence-corrected chi connectivity index (χ2v) is 7.54. The van der Waals surface area contributed by atoms with Gasteiger partial charge in [-0.05, 0) is 61.4 Å². The highest BCUT2D eigenvalue weighted by atomic mass is 79.9. The number of amides is 1. The van der Waals surface area contributed by atoms with Crippen LogP contribution >= 0.6 is 15.9 Å². The quantitative estimate of drug-likeness (QED) is 0.352. The lowest BCUT2D eigenvalue weighted by Crippen LogP contribution is -2.17. The van der Waals surface area contributed by atoms with E-state index in [-0.39, 0.29) is 5.91 Å². The first-order valence-corrected chi connectivity index (χ1v) is 10.4. The number of hydrogen-bond acceptors (Lipinski definition) is 4. The fourth-order valence-corrected chi connectivity index (χ4v) is 3.10. The summed E-state index contributed by atoms with van der Waals surface area (Å²) < 4.78 is 12.5. The molecule has 1 N–H and O–H groups in total. The molecule has 0 aliphatic heterocycles. The molecule has 5 nitrogen and oxygen atoms in total. The Labute approximate surface area is 184 Å². The molecule has 0 saturated carbocycles. The first-order valence-electron chi connectivity index (χ1n) is 9.59. The molecule has 3 aromatic rings. The van der Waals surface area contributed by atoms with Crippen LogP contribution < -0.4 is 14.9 Å². The smallest absolute Gasteiger partial charge is 0.271 e. The minimum absolute atomic E-state index is 0.282. The molecular weight excluding hydrogens is 444 g/mol. The molecule has 0 aliphatic carbocycles. The van der Waals surface area contributed by atoms with E-state index in [4.69, 9.17) is 9.47 Å². The summed E-state index contributed by atoms with van der Waals surface area (Å²) in [4.78, 5) is 12.2. The number of hydrazone groups is 1. The number of benzene rings is 3. The molecule has 30 heavy (non-hydrogen) atoms. The molecular formula is C24H23BrN2O3. The van der Waals surface area contributed by atoms with E-state index < -0.39 is 0 Å². The minimum Gasteiger partial charge on any atom is -0.490 e. The predicted molar refractivity (Wildman–Crippen MR) is 122 cm³/mol. The van der Waals surface area contributed by atoms with E-state index in [2.05, 4.69) is 45.5 Å². The van der Waals surface area contributed by atoms with E-state index in [1.807, 2.05) is 43.3 Å². The van der Waals surface area contributed by atoms with Crippen LogP contribution in [0, 0.1) is 6.92 Å². The topological polar surface area (TPSA) is 59.9 Å². The van der Waals surface area contributed by atoms with E-state index in [9.17, 15) is 4.79 Å². The zero-order chi connectivity index (χ0) is 21.3. The second kappa shape index (κ2) is 10.6. The maximum absolute atomic E-state index is 12.2. The van der Waals surface area contributed by atoms with Crippen LogP contribution in [0.15, 0.2) is 76.3 Å². The average Bonchev–Trinajstić information content (AvgIpc) is 2.74. The summed E-state index contributed by atoms with van der Waals surface area (Å²) in [6.45, 7) is 4.94. The van der Waals surface area contributed by atoms with Gasteiger partial charge in [-0.25, -0.2) is 5.43 Å². The molecule has 0 atom stereocenters. The van der Waals surface area contributed by atoms with Crippen LogP contribution in [0.4, 0.5) is 0 Å². The fourth-order valence-electron chi connectivity index (χ4n) is 2.70. The van der Waals surface area contributed by atoms with Crippen LogP contribution in [0.3, 0.4) is 0 Å². The predicted octanol–water partition coefficient (Wildman–Crippen LogP) is 5.50. The van der Waals surface area contributed by atoms with Crippen molar-refractivity contribution in [2.24, 2.45) is 5.10 Å². The molecule has 0 bridgehead atoms. The van der Waals surface area contributed by atoms with Gasteiger partial charge in [-0.2, -0.15) is 5.10 Å². The number of halogens is 1. The maximum Gasteiger partial charge on any atom is 0.271 e. The zero-order valence-electron chi connectivity index (χ0n) is 16.9. The van der Waals surface area contributed by atoms with Crippen molar-refractivity contribution in [3.63, 3.8) is 0 Å². The highest BCUT2D eigenvalue weighted by Crippen LogP contribution is 2.29. The van der Waals surface area contributed by atoms with Gasteiger partial charge in [-0.1, -0.05) is 51.8 Å². The molecule has 0 spiro atoms. The molecule has 0 unspecified atom stereocenters. The fraction of sp³-hybridized carbons (Fsp3) is 0.167. The Morgan fingerprint density at radius 3 is 2.57 bits per heavy atom. The second-order valence-electron chi connectivity index (χ2n) is 6.62. The molecule has 0 fully saturated rings. The number of aryl methyl sites for hydroxylation is 1. The van der Waals surface area contributed by atoms with Crippen molar-refractivity contribution >= 4 is 28.1 Å². The Bertz CT molecular complexity index is 1030. The van der Waals surface area contributed by atoms with Crippen LogP contribution in [0.25, 0.3) is 0 Å². The number of nitrogens with one attached hydrogen (secondary N) is 1. The number of nitrogens with zero attached hydrogens (tertiary/aromatic N) is 1. The molecule has 0 aromatic heterocycles. The van der Waals surface area contributed by atoms with Crippen molar-refractivity contribution in [3.05, 3.63) is 93.5 Å². The Balaban J connectivity index is 1.65. The number of carbonyl (C=O) groups excluding carboxylic acids is 1. The number of hydrogen-bond donors (Lipinski definition) is 1.